The molecule has 1 heterocycles. The smallest absolute Gasteiger partial charge is 0.288 e. The number of carbonyl (C=O) groups excluding carboxylic acids is 1. The van der Waals surface area contributed by atoms with Crippen molar-refractivity contribution in [2.75, 3.05) is 5.32 Å². The number of halogens is 1. The van der Waals surface area contributed by atoms with Crippen molar-refractivity contribution in [3.8, 4) is 0 Å². The number of nitrogens with zero attached hydrogens (tertiary/aromatic N) is 2. The van der Waals surface area contributed by atoms with E-state index in [2.05, 4.69) is 10.3 Å². The zero-order chi connectivity index (χ0) is 16.4. The summed E-state index contributed by atoms with van der Waals surface area (Å²) in [6, 6.07) is 13.0. The van der Waals surface area contributed by atoms with Gasteiger partial charge in [-0.3, -0.25) is 19.9 Å². The lowest BCUT2D eigenvalue weighted by molar-refractivity contribution is -0.384. The maximum atomic E-state index is 12.3. The Labute approximate surface area is 135 Å². The molecule has 6 nitrogen and oxygen atoms in total. The molecule has 1 aromatic heterocycles. The Morgan fingerprint density at radius 3 is 2.74 bits per heavy atom. The van der Waals surface area contributed by atoms with Gasteiger partial charge in [-0.05, 0) is 24.3 Å². The first-order valence-corrected chi connectivity index (χ1v) is 7.03. The molecule has 2 aromatic carbocycles. The van der Waals surface area contributed by atoms with Crippen molar-refractivity contribution in [3.05, 3.63) is 75.4 Å². The number of nitro benzene ring substituents is 1. The van der Waals surface area contributed by atoms with Crippen LogP contribution in [0.4, 0.5) is 11.4 Å². The lowest BCUT2D eigenvalue weighted by atomic mass is 10.1. The highest BCUT2D eigenvalue weighted by atomic mass is 35.5. The van der Waals surface area contributed by atoms with Crippen LogP contribution in [0.5, 0.6) is 0 Å². The van der Waals surface area contributed by atoms with Gasteiger partial charge >= 0.3 is 0 Å². The highest BCUT2D eigenvalue weighted by molar-refractivity contribution is 6.32. The van der Waals surface area contributed by atoms with E-state index < -0.39 is 10.8 Å². The van der Waals surface area contributed by atoms with Crippen molar-refractivity contribution < 1.29 is 9.72 Å². The van der Waals surface area contributed by atoms with Gasteiger partial charge in [-0.1, -0.05) is 29.8 Å². The minimum absolute atomic E-state index is 0.0154. The number of nitro groups is 1. The lowest BCUT2D eigenvalue weighted by Gasteiger charge is -2.08. The topological polar surface area (TPSA) is 85.1 Å². The number of hydrogen-bond acceptors (Lipinski definition) is 4. The molecular formula is C16H10ClN3O3. The van der Waals surface area contributed by atoms with E-state index in [4.69, 9.17) is 11.6 Å². The maximum absolute atomic E-state index is 12.3. The van der Waals surface area contributed by atoms with E-state index in [9.17, 15) is 14.9 Å². The number of amides is 1. The van der Waals surface area contributed by atoms with Crippen molar-refractivity contribution in [2.45, 2.75) is 0 Å². The van der Waals surface area contributed by atoms with Crippen molar-refractivity contribution >= 4 is 39.8 Å². The van der Waals surface area contributed by atoms with Gasteiger partial charge in [0.15, 0.2) is 0 Å². The number of nitrogens with one attached hydrogen (secondary N) is 1. The van der Waals surface area contributed by atoms with E-state index in [1.807, 2.05) is 12.1 Å². The number of anilines is 1. The van der Waals surface area contributed by atoms with Crippen LogP contribution in [-0.4, -0.2) is 15.8 Å². The number of fused-ring (bicyclic) bond motifs is 1. The van der Waals surface area contributed by atoms with Gasteiger partial charge in [-0.25, -0.2) is 0 Å². The third kappa shape index (κ3) is 2.97. The highest BCUT2D eigenvalue weighted by Gasteiger charge is 2.17. The highest BCUT2D eigenvalue weighted by Crippen LogP contribution is 2.26. The minimum atomic E-state index is -0.626. The van der Waals surface area contributed by atoms with Gasteiger partial charge in [0.2, 0.25) is 0 Å². The molecule has 0 aliphatic rings. The van der Waals surface area contributed by atoms with Crippen LogP contribution < -0.4 is 5.32 Å². The van der Waals surface area contributed by atoms with Gasteiger partial charge in [0, 0.05) is 23.2 Å². The molecule has 0 unspecified atom stereocenters. The van der Waals surface area contributed by atoms with Gasteiger partial charge in [0.05, 0.1) is 16.1 Å². The molecule has 3 aromatic rings. The van der Waals surface area contributed by atoms with Crippen LogP contribution in [0, 0.1) is 10.1 Å². The Hall–Kier alpha value is -2.99. The largest absolute Gasteiger partial charge is 0.320 e. The maximum Gasteiger partial charge on any atom is 0.288 e. The quantitative estimate of drug-likeness (QED) is 0.581. The first kappa shape index (κ1) is 14.9. The molecule has 3 rings (SSSR count). The third-order valence-electron chi connectivity index (χ3n) is 3.29. The molecule has 0 saturated heterocycles. The molecule has 0 saturated carbocycles. The van der Waals surface area contributed by atoms with Crippen LogP contribution in [-0.2, 0) is 0 Å². The predicted octanol–water partition coefficient (Wildman–Crippen LogP) is 4.05. The third-order valence-corrected chi connectivity index (χ3v) is 3.61. The van der Waals surface area contributed by atoms with Crippen LogP contribution in [0.2, 0.25) is 5.02 Å². The molecule has 1 amide bonds. The average molecular weight is 328 g/mol. The summed E-state index contributed by atoms with van der Waals surface area (Å²) in [5.41, 5.74) is 1.02. The molecule has 0 spiro atoms. The summed E-state index contributed by atoms with van der Waals surface area (Å²) in [6.07, 6.45) is 1.63. The lowest BCUT2D eigenvalue weighted by Crippen LogP contribution is -2.12. The van der Waals surface area contributed by atoms with Gasteiger partial charge < -0.3 is 5.32 Å². The molecule has 114 valence electrons. The molecular weight excluding hydrogens is 318 g/mol. The van der Waals surface area contributed by atoms with Crippen LogP contribution >= 0.6 is 11.6 Å². The van der Waals surface area contributed by atoms with E-state index in [-0.39, 0.29) is 16.3 Å². The van der Waals surface area contributed by atoms with Crippen molar-refractivity contribution in [1.29, 1.82) is 0 Å². The summed E-state index contributed by atoms with van der Waals surface area (Å²) in [5.74, 6) is -0.470. The normalized spacial score (nSPS) is 10.5. The van der Waals surface area contributed by atoms with Gasteiger partial charge in [-0.15, -0.1) is 0 Å². The molecule has 0 bridgehead atoms. The zero-order valence-electron chi connectivity index (χ0n) is 11.7. The van der Waals surface area contributed by atoms with Gasteiger partial charge in [0.25, 0.3) is 11.6 Å². The van der Waals surface area contributed by atoms with Crippen LogP contribution in [0.25, 0.3) is 10.9 Å². The second kappa shape index (κ2) is 6.02. The SMILES string of the molecule is O=C(Nc1cccc2cccnc12)c1ccc(Cl)c([N+](=O)[O-])c1. The molecule has 0 aliphatic carbocycles. The van der Waals surface area contributed by atoms with Crippen molar-refractivity contribution in [3.63, 3.8) is 0 Å². The number of rotatable bonds is 3. The summed E-state index contributed by atoms with van der Waals surface area (Å²) < 4.78 is 0. The molecule has 0 radical (unpaired) electrons. The minimum Gasteiger partial charge on any atom is -0.320 e. The summed E-state index contributed by atoms with van der Waals surface area (Å²) in [5, 5.41) is 14.5. The predicted molar refractivity (Wildman–Crippen MR) is 87.8 cm³/mol. The molecule has 23 heavy (non-hydrogen) atoms. The fraction of sp³-hybridized carbons (Fsp3) is 0. The Bertz CT molecular complexity index is 922. The molecule has 7 heteroatoms. The first-order valence-electron chi connectivity index (χ1n) is 6.65. The van der Waals surface area contributed by atoms with E-state index in [0.29, 0.717) is 11.2 Å². The van der Waals surface area contributed by atoms with Gasteiger partial charge in [0.1, 0.15) is 5.02 Å². The second-order valence-electron chi connectivity index (χ2n) is 4.76. The second-order valence-corrected chi connectivity index (χ2v) is 5.17. The number of carbonyl (C=O) groups is 1. The van der Waals surface area contributed by atoms with Crippen LogP contribution in [0.15, 0.2) is 54.7 Å². The number of aromatic nitrogens is 1. The van der Waals surface area contributed by atoms with Crippen molar-refractivity contribution in [2.24, 2.45) is 0 Å². The van der Waals surface area contributed by atoms with E-state index in [1.165, 1.54) is 12.1 Å². The van der Waals surface area contributed by atoms with E-state index in [1.54, 1.807) is 24.4 Å². The van der Waals surface area contributed by atoms with Gasteiger partial charge in [-0.2, -0.15) is 0 Å². The monoisotopic (exact) mass is 327 g/mol. The fourth-order valence-corrected chi connectivity index (χ4v) is 2.38. The average Bonchev–Trinajstić information content (AvgIpc) is 2.55. The van der Waals surface area contributed by atoms with E-state index >= 15 is 0 Å². The zero-order valence-corrected chi connectivity index (χ0v) is 12.4. The summed E-state index contributed by atoms with van der Waals surface area (Å²) in [7, 11) is 0. The van der Waals surface area contributed by atoms with Crippen molar-refractivity contribution in [1.82, 2.24) is 4.98 Å². The van der Waals surface area contributed by atoms with Crippen LogP contribution in [0.3, 0.4) is 0 Å². The molecule has 0 aliphatic heterocycles. The Morgan fingerprint density at radius 2 is 1.96 bits per heavy atom. The summed E-state index contributed by atoms with van der Waals surface area (Å²) in [4.78, 5) is 26.9. The Kier molecular flexibility index (Phi) is 3.91. The number of pyridine rings is 1. The summed E-state index contributed by atoms with van der Waals surface area (Å²) >= 11 is 5.75. The number of hydrogen-bond donors (Lipinski definition) is 1. The molecule has 0 atom stereocenters. The fourth-order valence-electron chi connectivity index (χ4n) is 2.19. The number of benzene rings is 2. The van der Waals surface area contributed by atoms with Crippen LogP contribution in [0.1, 0.15) is 10.4 Å². The summed E-state index contributed by atoms with van der Waals surface area (Å²) in [6.45, 7) is 0. The first-order chi connectivity index (χ1) is 11.1. The Morgan fingerprint density at radius 1 is 1.17 bits per heavy atom. The molecule has 0 fully saturated rings. The number of para-hydroxylation sites is 1. The standard InChI is InChI=1S/C16H10ClN3O3/c17-12-7-6-11(9-14(12)20(22)23)16(21)19-13-5-1-3-10-4-2-8-18-15(10)13/h1-9H,(H,19,21). The molecule has 1 N–H and O–H groups in total. The Balaban J connectivity index is 1.95. The van der Waals surface area contributed by atoms with E-state index in [0.717, 1.165) is 11.5 Å².